The number of rotatable bonds is 4. The Balaban J connectivity index is 2.07. The van der Waals surface area contributed by atoms with Gasteiger partial charge in [-0.05, 0) is 24.6 Å². The van der Waals surface area contributed by atoms with Crippen LogP contribution in [0.1, 0.15) is 12.0 Å². The number of carbonyl (C=O) groups is 2. The van der Waals surface area contributed by atoms with Crippen molar-refractivity contribution in [2.75, 3.05) is 18.4 Å². The lowest BCUT2D eigenvalue weighted by molar-refractivity contribution is -0.136. The van der Waals surface area contributed by atoms with Crippen LogP contribution in [0.5, 0.6) is 0 Å². The zero-order chi connectivity index (χ0) is 13.0. The summed E-state index contributed by atoms with van der Waals surface area (Å²) in [6, 6.07) is 7.01. The molecule has 1 fully saturated rings. The van der Waals surface area contributed by atoms with Crippen LogP contribution in [0.2, 0.25) is 0 Å². The smallest absolute Gasteiger partial charge is 0.307 e. The summed E-state index contributed by atoms with van der Waals surface area (Å²) in [5, 5.41) is 14.8. The number of nitrogens with one attached hydrogen (secondary N) is 2. The molecule has 5 heteroatoms. The van der Waals surface area contributed by atoms with Crippen LogP contribution in [-0.4, -0.2) is 30.1 Å². The van der Waals surface area contributed by atoms with E-state index in [2.05, 4.69) is 10.6 Å². The largest absolute Gasteiger partial charge is 0.481 e. The molecule has 1 atom stereocenters. The molecule has 1 unspecified atom stereocenters. The molecule has 1 amide bonds. The van der Waals surface area contributed by atoms with E-state index < -0.39 is 5.97 Å². The van der Waals surface area contributed by atoms with E-state index >= 15 is 0 Å². The quantitative estimate of drug-likeness (QED) is 0.738. The van der Waals surface area contributed by atoms with Gasteiger partial charge < -0.3 is 15.7 Å². The van der Waals surface area contributed by atoms with E-state index in [0.29, 0.717) is 17.8 Å². The summed E-state index contributed by atoms with van der Waals surface area (Å²) in [6.45, 7) is 1.54. The third-order valence-electron chi connectivity index (χ3n) is 3.05. The lowest BCUT2D eigenvalue weighted by Crippen LogP contribution is -2.25. The van der Waals surface area contributed by atoms with Gasteiger partial charge >= 0.3 is 5.97 Å². The maximum Gasteiger partial charge on any atom is 0.307 e. The summed E-state index contributed by atoms with van der Waals surface area (Å²) in [4.78, 5) is 22.7. The summed E-state index contributed by atoms with van der Waals surface area (Å²) in [7, 11) is 0. The predicted octanol–water partition coefficient (Wildman–Crippen LogP) is 0.862. The average molecular weight is 248 g/mol. The Hall–Kier alpha value is -1.88. The van der Waals surface area contributed by atoms with Gasteiger partial charge in [-0.25, -0.2) is 0 Å². The molecule has 0 radical (unpaired) electrons. The molecule has 1 aromatic carbocycles. The molecule has 1 aromatic rings. The van der Waals surface area contributed by atoms with E-state index in [1.807, 2.05) is 0 Å². The van der Waals surface area contributed by atoms with Crippen LogP contribution in [-0.2, 0) is 16.0 Å². The van der Waals surface area contributed by atoms with E-state index in [9.17, 15) is 9.59 Å². The van der Waals surface area contributed by atoms with Gasteiger partial charge in [0, 0.05) is 12.2 Å². The first-order valence-electron chi connectivity index (χ1n) is 5.98. The number of para-hydroxylation sites is 1. The predicted molar refractivity (Wildman–Crippen MR) is 67.4 cm³/mol. The standard InChI is InChI=1S/C13H16N2O3/c16-12(17)7-9-3-1-2-4-11(9)15-13(18)10-5-6-14-8-10/h1-4,10,14H,5-8H2,(H,15,18)(H,16,17). The van der Waals surface area contributed by atoms with Crippen molar-refractivity contribution in [3.05, 3.63) is 29.8 Å². The Morgan fingerprint density at radius 3 is 2.83 bits per heavy atom. The second kappa shape index (κ2) is 5.64. The number of hydrogen-bond acceptors (Lipinski definition) is 3. The highest BCUT2D eigenvalue weighted by Crippen LogP contribution is 2.18. The molecule has 2 rings (SSSR count). The van der Waals surface area contributed by atoms with Crippen molar-refractivity contribution in [1.82, 2.24) is 5.32 Å². The zero-order valence-electron chi connectivity index (χ0n) is 9.98. The molecule has 96 valence electrons. The number of aliphatic carboxylic acids is 1. The number of benzene rings is 1. The van der Waals surface area contributed by atoms with Crippen molar-refractivity contribution in [2.24, 2.45) is 5.92 Å². The molecule has 1 aliphatic rings. The van der Waals surface area contributed by atoms with E-state index in [1.165, 1.54) is 0 Å². The van der Waals surface area contributed by atoms with Gasteiger partial charge in [-0.15, -0.1) is 0 Å². The molecule has 0 saturated carbocycles. The number of anilines is 1. The summed E-state index contributed by atoms with van der Waals surface area (Å²) < 4.78 is 0. The van der Waals surface area contributed by atoms with Gasteiger partial charge in [0.2, 0.25) is 5.91 Å². The minimum atomic E-state index is -0.903. The number of amides is 1. The van der Waals surface area contributed by atoms with Gasteiger partial charge in [0.25, 0.3) is 0 Å². The van der Waals surface area contributed by atoms with Crippen LogP contribution >= 0.6 is 0 Å². The summed E-state index contributed by atoms with van der Waals surface area (Å²) in [5.74, 6) is -0.972. The summed E-state index contributed by atoms with van der Waals surface area (Å²) in [5.41, 5.74) is 1.22. The maximum atomic E-state index is 12.0. The van der Waals surface area contributed by atoms with Crippen molar-refractivity contribution < 1.29 is 14.7 Å². The Bertz CT molecular complexity index is 453. The fourth-order valence-corrected chi connectivity index (χ4v) is 2.07. The molecule has 3 N–H and O–H groups in total. The monoisotopic (exact) mass is 248 g/mol. The van der Waals surface area contributed by atoms with Gasteiger partial charge in [0.05, 0.1) is 12.3 Å². The highest BCUT2D eigenvalue weighted by molar-refractivity contribution is 5.94. The van der Waals surface area contributed by atoms with Gasteiger partial charge in [0.15, 0.2) is 0 Å². The van der Waals surface area contributed by atoms with Crippen LogP contribution < -0.4 is 10.6 Å². The Morgan fingerprint density at radius 1 is 1.39 bits per heavy atom. The van der Waals surface area contributed by atoms with Crippen LogP contribution in [0.15, 0.2) is 24.3 Å². The molecule has 0 aromatic heterocycles. The van der Waals surface area contributed by atoms with E-state index in [-0.39, 0.29) is 18.2 Å². The Labute approximate surface area is 105 Å². The minimum absolute atomic E-state index is 0.0251. The van der Waals surface area contributed by atoms with Crippen molar-refractivity contribution in [3.8, 4) is 0 Å². The van der Waals surface area contributed by atoms with E-state index in [0.717, 1.165) is 13.0 Å². The summed E-state index contributed by atoms with van der Waals surface area (Å²) >= 11 is 0. The molecule has 1 aliphatic heterocycles. The first-order valence-corrected chi connectivity index (χ1v) is 5.98. The molecule has 18 heavy (non-hydrogen) atoms. The number of carboxylic acids is 1. The van der Waals surface area contributed by atoms with Crippen molar-refractivity contribution in [2.45, 2.75) is 12.8 Å². The zero-order valence-corrected chi connectivity index (χ0v) is 9.98. The lowest BCUT2D eigenvalue weighted by atomic mass is 10.1. The van der Waals surface area contributed by atoms with Crippen LogP contribution in [0.3, 0.4) is 0 Å². The number of carbonyl (C=O) groups excluding carboxylic acids is 1. The maximum absolute atomic E-state index is 12.0. The van der Waals surface area contributed by atoms with Crippen LogP contribution in [0.25, 0.3) is 0 Å². The lowest BCUT2D eigenvalue weighted by Gasteiger charge is -2.12. The van der Waals surface area contributed by atoms with Crippen molar-refractivity contribution in [3.63, 3.8) is 0 Å². The average Bonchev–Trinajstić information content (AvgIpc) is 2.84. The molecular formula is C13H16N2O3. The molecule has 0 spiro atoms. The first-order chi connectivity index (χ1) is 8.66. The van der Waals surface area contributed by atoms with Gasteiger partial charge in [0.1, 0.15) is 0 Å². The van der Waals surface area contributed by atoms with Crippen LogP contribution in [0, 0.1) is 5.92 Å². The van der Waals surface area contributed by atoms with Gasteiger partial charge in [-0.1, -0.05) is 18.2 Å². The van der Waals surface area contributed by atoms with Gasteiger partial charge in [-0.3, -0.25) is 9.59 Å². The van der Waals surface area contributed by atoms with Gasteiger partial charge in [-0.2, -0.15) is 0 Å². The molecule has 0 bridgehead atoms. The highest BCUT2D eigenvalue weighted by Gasteiger charge is 2.22. The highest BCUT2D eigenvalue weighted by atomic mass is 16.4. The third-order valence-corrected chi connectivity index (χ3v) is 3.05. The van der Waals surface area contributed by atoms with Crippen molar-refractivity contribution in [1.29, 1.82) is 0 Å². The Kier molecular flexibility index (Phi) is 3.94. The van der Waals surface area contributed by atoms with Crippen molar-refractivity contribution >= 4 is 17.6 Å². The fraction of sp³-hybridized carbons (Fsp3) is 0.385. The third kappa shape index (κ3) is 3.07. The Morgan fingerprint density at radius 2 is 2.17 bits per heavy atom. The molecule has 0 aliphatic carbocycles. The second-order valence-corrected chi connectivity index (χ2v) is 4.41. The molecule has 5 nitrogen and oxygen atoms in total. The SMILES string of the molecule is O=C(O)Cc1ccccc1NC(=O)C1CCNC1. The van der Waals surface area contributed by atoms with E-state index in [1.54, 1.807) is 24.3 Å². The number of hydrogen-bond donors (Lipinski definition) is 3. The molecule has 1 saturated heterocycles. The number of carboxylic acid groups (broad SMARTS) is 1. The topological polar surface area (TPSA) is 78.4 Å². The fourth-order valence-electron chi connectivity index (χ4n) is 2.07. The normalized spacial score (nSPS) is 18.6. The first kappa shape index (κ1) is 12.6. The molecule has 1 heterocycles. The molecular weight excluding hydrogens is 232 g/mol. The van der Waals surface area contributed by atoms with E-state index in [4.69, 9.17) is 5.11 Å². The second-order valence-electron chi connectivity index (χ2n) is 4.41. The van der Waals surface area contributed by atoms with Crippen LogP contribution in [0.4, 0.5) is 5.69 Å². The summed E-state index contributed by atoms with van der Waals surface area (Å²) in [6.07, 6.45) is 0.742. The minimum Gasteiger partial charge on any atom is -0.481 e.